The third kappa shape index (κ3) is 7.35. The summed E-state index contributed by atoms with van der Waals surface area (Å²) < 4.78 is 11.0. The van der Waals surface area contributed by atoms with E-state index in [1.807, 2.05) is 65.8 Å². The van der Waals surface area contributed by atoms with Crippen LogP contribution in [0.25, 0.3) is 5.57 Å². The molecule has 0 unspecified atom stereocenters. The van der Waals surface area contributed by atoms with E-state index in [2.05, 4.69) is 17.5 Å². The van der Waals surface area contributed by atoms with E-state index in [1.165, 1.54) is 11.1 Å². The van der Waals surface area contributed by atoms with Gasteiger partial charge in [-0.05, 0) is 94.3 Å². The van der Waals surface area contributed by atoms with Gasteiger partial charge < -0.3 is 19.7 Å². The summed E-state index contributed by atoms with van der Waals surface area (Å²) in [5.41, 5.74) is 4.84. The van der Waals surface area contributed by atoms with Crippen molar-refractivity contribution in [3.8, 4) is 0 Å². The van der Waals surface area contributed by atoms with Gasteiger partial charge in [0.25, 0.3) is 0 Å². The highest BCUT2D eigenvalue weighted by atomic mass is 16.6. The Hall–Kier alpha value is -3.45. The highest BCUT2D eigenvalue weighted by Gasteiger charge is 2.29. The summed E-state index contributed by atoms with van der Waals surface area (Å²) >= 11 is 0. The highest BCUT2D eigenvalue weighted by molar-refractivity contribution is 5.91. The summed E-state index contributed by atoms with van der Waals surface area (Å²) in [6.07, 6.45) is 3.66. The molecule has 2 aliphatic heterocycles. The predicted octanol–water partition coefficient (Wildman–Crippen LogP) is 5.66. The molecule has 2 heterocycles. The molecular formula is C32H40N2O5. The summed E-state index contributed by atoms with van der Waals surface area (Å²) in [6.45, 7) is 12.9. The minimum Gasteiger partial charge on any atom is -0.456 e. The zero-order valence-corrected chi connectivity index (χ0v) is 23.9. The molecular weight excluding hydrogens is 492 g/mol. The zero-order chi connectivity index (χ0) is 28.4. The van der Waals surface area contributed by atoms with Crippen molar-refractivity contribution in [1.29, 1.82) is 0 Å². The van der Waals surface area contributed by atoms with Gasteiger partial charge in [0.15, 0.2) is 5.78 Å². The van der Waals surface area contributed by atoms with Crippen molar-refractivity contribution in [1.82, 2.24) is 10.2 Å². The Morgan fingerprint density at radius 2 is 1.62 bits per heavy atom. The van der Waals surface area contributed by atoms with E-state index >= 15 is 0 Å². The maximum Gasteiger partial charge on any atom is 0.410 e. The van der Waals surface area contributed by atoms with Gasteiger partial charge in [0.2, 0.25) is 0 Å². The molecule has 2 aliphatic rings. The molecule has 2 aromatic rings. The second-order valence-corrected chi connectivity index (χ2v) is 12.3. The smallest absolute Gasteiger partial charge is 0.410 e. The average molecular weight is 533 g/mol. The average Bonchev–Trinajstić information content (AvgIpc) is 2.86. The quantitative estimate of drug-likeness (QED) is 0.500. The monoisotopic (exact) mass is 532 g/mol. The van der Waals surface area contributed by atoms with Gasteiger partial charge in [0, 0.05) is 26.1 Å². The van der Waals surface area contributed by atoms with E-state index in [-0.39, 0.29) is 30.3 Å². The number of esters is 1. The van der Waals surface area contributed by atoms with Crippen LogP contribution in [0.5, 0.6) is 0 Å². The lowest BCUT2D eigenvalue weighted by molar-refractivity contribution is -0.120. The number of hydrogen-bond donors (Lipinski definition) is 1. The van der Waals surface area contributed by atoms with Crippen molar-refractivity contribution in [2.45, 2.75) is 78.0 Å². The molecule has 39 heavy (non-hydrogen) atoms. The molecule has 1 N–H and O–H groups in total. The first-order valence-corrected chi connectivity index (χ1v) is 13.7. The second kappa shape index (κ2) is 11.3. The van der Waals surface area contributed by atoms with Gasteiger partial charge >= 0.3 is 12.1 Å². The standard InChI is InChI=1S/C32H40N2O5/c1-31(2,3)38-29(36)23-12-10-21(11-13-23)20-27(35)28-26-9-7-8-24(25(26)14-17-33-28)22-15-18-34(19-16-22)30(37)39-32(4,5)6/h7-13,15,28,33H,14,16-20H2,1-6H3/t28-/m0/s1. The third-order valence-electron chi connectivity index (χ3n) is 6.74. The van der Waals surface area contributed by atoms with Gasteiger partial charge in [-0.3, -0.25) is 4.79 Å². The van der Waals surface area contributed by atoms with E-state index in [1.54, 1.807) is 17.0 Å². The van der Waals surface area contributed by atoms with E-state index in [4.69, 9.17) is 9.47 Å². The van der Waals surface area contributed by atoms with E-state index in [9.17, 15) is 14.4 Å². The van der Waals surface area contributed by atoms with Gasteiger partial charge in [0.05, 0.1) is 11.6 Å². The number of ketones is 1. The molecule has 0 fully saturated rings. The largest absolute Gasteiger partial charge is 0.456 e. The van der Waals surface area contributed by atoms with Crippen LogP contribution < -0.4 is 5.32 Å². The van der Waals surface area contributed by atoms with Crippen LogP contribution in [-0.4, -0.2) is 53.6 Å². The number of amides is 1. The van der Waals surface area contributed by atoms with Gasteiger partial charge in [-0.1, -0.05) is 36.4 Å². The number of fused-ring (bicyclic) bond motifs is 1. The Morgan fingerprint density at radius 3 is 2.23 bits per heavy atom. The zero-order valence-electron chi connectivity index (χ0n) is 23.9. The molecule has 0 radical (unpaired) electrons. The molecule has 4 rings (SSSR count). The molecule has 208 valence electrons. The van der Waals surface area contributed by atoms with Crippen LogP contribution in [0.3, 0.4) is 0 Å². The van der Waals surface area contributed by atoms with Gasteiger partial charge in [0.1, 0.15) is 11.2 Å². The number of rotatable bonds is 5. The van der Waals surface area contributed by atoms with Crippen LogP contribution in [0, 0.1) is 0 Å². The van der Waals surface area contributed by atoms with Crippen LogP contribution >= 0.6 is 0 Å². The molecule has 0 spiro atoms. The molecule has 0 bridgehead atoms. The number of carbonyl (C=O) groups is 3. The number of Topliss-reactive ketones (excluding diaryl/α,β-unsaturated/α-hetero) is 1. The second-order valence-electron chi connectivity index (χ2n) is 12.3. The fourth-order valence-electron chi connectivity index (χ4n) is 5.00. The molecule has 7 nitrogen and oxygen atoms in total. The number of benzene rings is 2. The molecule has 7 heteroatoms. The summed E-state index contributed by atoms with van der Waals surface area (Å²) in [4.78, 5) is 39.9. The fourth-order valence-corrected chi connectivity index (χ4v) is 5.00. The molecule has 0 saturated carbocycles. The van der Waals surface area contributed by atoms with Gasteiger partial charge in [-0.2, -0.15) is 0 Å². The van der Waals surface area contributed by atoms with Crippen molar-refractivity contribution < 1.29 is 23.9 Å². The summed E-state index contributed by atoms with van der Waals surface area (Å²) in [7, 11) is 0. The van der Waals surface area contributed by atoms with Crippen LogP contribution in [-0.2, 0) is 27.1 Å². The Balaban J connectivity index is 1.46. The van der Waals surface area contributed by atoms with Crippen LogP contribution in [0.4, 0.5) is 4.79 Å². The molecule has 0 aromatic heterocycles. The molecule has 0 saturated heterocycles. The van der Waals surface area contributed by atoms with E-state index < -0.39 is 11.2 Å². The molecule has 1 amide bonds. The lowest BCUT2D eigenvalue weighted by Crippen LogP contribution is -2.39. The molecule has 0 aliphatic carbocycles. The topological polar surface area (TPSA) is 84.9 Å². The maximum absolute atomic E-state index is 13.4. The number of nitrogens with zero attached hydrogens (tertiary/aromatic N) is 1. The first-order chi connectivity index (χ1) is 18.3. The van der Waals surface area contributed by atoms with E-state index in [0.29, 0.717) is 18.7 Å². The molecule has 1 atom stereocenters. The Labute approximate surface area is 231 Å². The summed E-state index contributed by atoms with van der Waals surface area (Å²) in [6, 6.07) is 12.9. The van der Waals surface area contributed by atoms with Crippen molar-refractivity contribution in [3.63, 3.8) is 0 Å². The summed E-state index contributed by atoms with van der Waals surface area (Å²) in [5, 5.41) is 3.41. The van der Waals surface area contributed by atoms with Crippen molar-refractivity contribution in [2.75, 3.05) is 19.6 Å². The van der Waals surface area contributed by atoms with Crippen molar-refractivity contribution >= 4 is 23.4 Å². The maximum atomic E-state index is 13.4. The van der Waals surface area contributed by atoms with E-state index in [0.717, 1.165) is 36.1 Å². The summed E-state index contributed by atoms with van der Waals surface area (Å²) in [5.74, 6) is -0.283. The first kappa shape index (κ1) is 28.6. The molecule has 2 aromatic carbocycles. The minimum atomic E-state index is -0.560. The Morgan fingerprint density at radius 1 is 0.923 bits per heavy atom. The predicted molar refractivity (Wildman–Crippen MR) is 152 cm³/mol. The third-order valence-corrected chi connectivity index (χ3v) is 6.74. The highest BCUT2D eigenvalue weighted by Crippen LogP contribution is 2.33. The lowest BCUT2D eigenvalue weighted by atomic mass is 9.84. The van der Waals surface area contributed by atoms with Gasteiger partial charge in [-0.25, -0.2) is 9.59 Å². The Bertz CT molecular complexity index is 1260. The van der Waals surface area contributed by atoms with Crippen LogP contribution in [0.2, 0.25) is 0 Å². The number of nitrogens with one attached hydrogen (secondary N) is 1. The Kier molecular flexibility index (Phi) is 8.31. The van der Waals surface area contributed by atoms with Crippen molar-refractivity contribution in [2.24, 2.45) is 0 Å². The first-order valence-electron chi connectivity index (χ1n) is 13.7. The fraction of sp³-hybridized carbons (Fsp3) is 0.469. The SMILES string of the molecule is CC(C)(C)OC(=O)c1ccc(CC(=O)[C@H]2NCCc3c(C4=CCN(C(=O)OC(C)(C)C)CC4)cccc32)cc1. The lowest BCUT2D eigenvalue weighted by Gasteiger charge is -2.32. The van der Waals surface area contributed by atoms with Crippen molar-refractivity contribution in [3.05, 3.63) is 76.4 Å². The number of ether oxygens (including phenoxy) is 2. The minimum absolute atomic E-state index is 0.0897. The number of hydrogen-bond acceptors (Lipinski definition) is 6. The number of carbonyl (C=O) groups excluding carboxylic acids is 3. The van der Waals surface area contributed by atoms with Crippen LogP contribution in [0.15, 0.2) is 48.5 Å². The van der Waals surface area contributed by atoms with Crippen LogP contribution in [0.1, 0.15) is 86.6 Å². The van der Waals surface area contributed by atoms with Gasteiger partial charge in [-0.15, -0.1) is 0 Å². The normalized spacial score (nSPS) is 17.6.